The van der Waals surface area contributed by atoms with Gasteiger partial charge in [0.05, 0.1) is 7.11 Å². The van der Waals surface area contributed by atoms with Crippen LogP contribution in [0.1, 0.15) is 11.1 Å². The number of nitrogens with two attached hydrogens (primary N) is 1. The Morgan fingerprint density at radius 3 is 2.61 bits per heavy atom. The van der Waals surface area contributed by atoms with Crippen molar-refractivity contribution < 1.29 is 9.47 Å². The Morgan fingerprint density at radius 1 is 1.06 bits per heavy atom. The maximum atomic E-state index is 5.79. The summed E-state index contributed by atoms with van der Waals surface area (Å²) in [7, 11) is 1.62. The molecular weight excluding hydrogens is 226 g/mol. The third-order valence-corrected chi connectivity index (χ3v) is 2.62. The average Bonchev–Trinajstić information content (AvgIpc) is 2.36. The molecule has 3 nitrogen and oxygen atoms in total. The van der Waals surface area contributed by atoms with Crippen LogP contribution in [0.5, 0.6) is 11.5 Å². The monoisotopic (exact) mass is 243 g/mol. The van der Waals surface area contributed by atoms with E-state index in [4.69, 9.17) is 15.2 Å². The molecule has 2 rings (SSSR count). The molecule has 0 heterocycles. The largest absolute Gasteiger partial charge is 0.497 e. The lowest BCUT2D eigenvalue weighted by Crippen LogP contribution is -1.98. The van der Waals surface area contributed by atoms with Gasteiger partial charge in [0.2, 0.25) is 0 Å². The molecule has 0 aliphatic carbocycles. The second-order valence-electron chi connectivity index (χ2n) is 4.22. The molecule has 94 valence electrons. The molecule has 0 aliphatic rings. The van der Waals surface area contributed by atoms with Crippen LogP contribution in [0.25, 0.3) is 0 Å². The fraction of sp³-hybridized carbons (Fsp3) is 0.200. The minimum absolute atomic E-state index is 0.477. The van der Waals surface area contributed by atoms with Crippen LogP contribution >= 0.6 is 0 Å². The van der Waals surface area contributed by atoms with Crippen LogP contribution in [0.4, 0.5) is 5.69 Å². The summed E-state index contributed by atoms with van der Waals surface area (Å²) in [6.45, 7) is 2.52. The molecule has 0 spiro atoms. The van der Waals surface area contributed by atoms with E-state index in [9.17, 15) is 0 Å². The SMILES string of the molecule is COc1cc(N)cc(COc2cccc(C)c2)c1. The summed E-state index contributed by atoms with van der Waals surface area (Å²) in [5.41, 5.74) is 8.64. The third kappa shape index (κ3) is 3.17. The fourth-order valence-electron chi connectivity index (χ4n) is 1.76. The maximum Gasteiger partial charge on any atom is 0.121 e. The number of anilines is 1. The standard InChI is InChI=1S/C15H17NO2/c1-11-4-3-5-14(6-11)18-10-12-7-13(16)9-15(8-12)17-2/h3-9H,10,16H2,1-2H3. The van der Waals surface area contributed by atoms with Gasteiger partial charge in [-0.3, -0.25) is 0 Å². The van der Waals surface area contributed by atoms with Crippen molar-refractivity contribution in [1.82, 2.24) is 0 Å². The lowest BCUT2D eigenvalue weighted by atomic mass is 10.2. The zero-order valence-electron chi connectivity index (χ0n) is 10.6. The highest BCUT2D eigenvalue weighted by atomic mass is 16.5. The van der Waals surface area contributed by atoms with Gasteiger partial charge in [-0.25, -0.2) is 0 Å². The summed E-state index contributed by atoms with van der Waals surface area (Å²) in [5.74, 6) is 1.61. The summed E-state index contributed by atoms with van der Waals surface area (Å²) in [5, 5.41) is 0. The van der Waals surface area contributed by atoms with E-state index in [0.29, 0.717) is 12.3 Å². The molecule has 0 saturated carbocycles. The van der Waals surface area contributed by atoms with Crippen LogP contribution in [0, 0.1) is 6.92 Å². The van der Waals surface area contributed by atoms with Crippen LogP contribution in [0.15, 0.2) is 42.5 Å². The normalized spacial score (nSPS) is 10.1. The van der Waals surface area contributed by atoms with E-state index in [1.807, 2.05) is 43.3 Å². The van der Waals surface area contributed by atoms with E-state index in [1.165, 1.54) is 5.56 Å². The van der Waals surface area contributed by atoms with Crippen LogP contribution in [-0.4, -0.2) is 7.11 Å². The van der Waals surface area contributed by atoms with Crippen molar-refractivity contribution in [2.45, 2.75) is 13.5 Å². The van der Waals surface area contributed by atoms with Crippen LogP contribution in [0.3, 0.4) is 0 Å². The van der Waals surface area contributed by atoms with Crippen molar-refractivity contribution in [3.05, 3.63) is 53.6 Å². The van der Waals surface area contributed by atoms with Gasteiger partial charge in [0.25, 0.3) is 0 Å². The van der Waals surface area contributed by atoms with Gasteiger partial charge >= 0.3 is 0 Å². The van der Waals surface area contributed by atoms with Gasteiger partial charge in [-0.1, -0.05) is 12.1 Å². The molecule has 2 aromatic rings. The van der Waals surface area contributed by atoms with E-state index in [0.717, 1.165) is 17.1 Å². The number of rotatable bonds is 4. The van der Waals surface area contributed by atoms with Crippen LogP contribution < -0.4 is 15.2 Å². The van der Waals surface area contributed by atoms with E-state index in [2.05, 4.69) is 0 Å². The van der Waals surface area contributed by atoms with Crippen LogP contribution in [0.2, 0.25) is 0 Å². The summed E-state index contributed by atoms with van der Waals surface area (Å²) in [6.07, 6.45) is 0. The predicted octanol–water partition coefficient (Wildman–Crippen LogP) is 3.16. The molecule has 0 saturated heterocycles. The quantitative estimate of drug-likeness (QED) is 0.839. The van der Waals surface area contributed by atoms with Gasteiger partial charge in [0.1, 0.15) is 18.1 Å². The number of aryl methyl sites for hydroxylation is 1. The Balaban J connectivity index is 2.08. The first kappa shape index (κ1) is 12.3. The topological polar surface area (TPSA) is 44.5 Å². The molecule has 0 fully saturated rings. The highest BCUT2D eigenvalue weighted by Crippen LogP contribution is 2.20. The van der Waals surface area contributed by atoms with Gasteiger partial charge in [-0.2, -0.15) is 0 Å². The molecule has 18 heavy (non-hydrogen) atoms. The lowest BCUT2D eigenvalue weighted by Gasteiger charge is -2.09. The molecule has 0 radical (unpaired) electrons. The van der Waals surface area contributed by atoms with Gasteiger partial charge in [0.15, 0.2) is 0 Å². The predicted molar refractivity (Wildman–Crippen MR) is 72.9 cm³/mol. The third-order valence-electron chi connectivity index (χ3n) is 2.62. The van der Waals surface area contributed by atoms with E-state index in [1.54, 1.807) is 13.2 Å². The van der Waals surface area contributed by atoms with Gasteiger partial charge in [-0.05, 0) is 42.3 Å². The van der Waals surface area contributed by atoms with Crippen molar-refractivity contribution >= 4 is 5.69 Å². The maximum absolute atomic E-state index is 5.79. The van der Waals surface area contributed by atoms with Crippen molar-refractivity contribution in [2.24, 2.45) is 0 Å². The van der Waals surface area contributed by atoms with E-state index < -0.39 is 0 Å². The minimum atomic E-state index is 0.477. The highest BCUT2D eigenvalue weighted by Gasteiger charge is 2.01. The molecule has 3 heteroatoms. The van der Waals surface area contributed by atoms with Gasteiger partial charge < -0.3 is 15.2 Å². The molecular formula is C15H17NO2. The molecule has 2 aromatic carbocycles. The highest BCUT2D eigenvalue weighted by molar-refractivity contribution is 5.47. The van der Waals surface area contributed by atoms with Gasteiger partial charge in [-0.15, -0.1) is 0 Å². The van der Waals surface area contributed by atoms with E-state index in [-0.39, 0.29) is 0 Å². The van der Waals surface area contributed by atoms with Crippen LogP contribution in [-0.2, 0) is 6.61 Å². The zero-order valence-corrected chi connectivity index (χ0v) is 10.6. The summed E-state index contributed by atoms with van der Waals surface area (Å²) in [4.78, 5) is 0. The molecule has 0 amide bonds. The molecule has 0 unspecified atom stereocenters. The number of nitrogen functional groups attached to an aromatic ring is 1. The number of hydrogen-bond acceptors (Lipinski definition) is 3. The zero-order chi connectivity index (χ0) is 13.0. The average molecular weight is 243 g/mol. The number of hydrogen-bond donors (Lipinski definition) is 1. The molecule has 0 aromatic heterocycles. The molecule has 0 atom stereocenters. The molecule has 0 aliphatic heterocycles. The van der Waals surface area contributed by atoms with Crippen molar-refractivity contribution in [3.8, 4) is 11.5 Å². The number of ether oxygens (including phenoxy) is 2. The number of benzene rings is 2. The summed E-state index contributed by atoms with van der Waals surface area (Å²) >= 11 is 0. The first-order valence-corrected chi connectivity index (χ1v) is 5.80. The first-order chi connectivity index (χ1) is 8.67. The van der Waals surface area contributed by atoms with Gasteiger partial charge in [0, 0.05) is 11.8 Å². The summed E-state index contributed by atoms with van der Waals surface area (Å²) < 4.78 is 10.9. The van der Waals surface area contributed by atoms with E-state index >= 15 is 0 Å². The van der Waals surface area contributed by atoms with Crippen molar-refractivity contribution in [2.75, 3.05) is 12.8 Å². The smallest absolute Gasteiger partial charge is 0.121 e. The Labute approximate surface area is 107 Å². The first-order valence-electron chi connectivity index (χ1n) is 5.80. The summed E-state index contributed by atoms with van der Waals surface area (Å²) in [6, 6.07) is 13.6. The Morgan fingerprint density at radius 2 is 1.89 bits per heavy atom. The molecule has 0 bridgehead atoms. The Kier molecular flexibility index (Phi) is 3.72. The van der Waals surface area contributed by atoms with Crippen molar-refractivity contribution in [3.63, 3.8) is 0 Å². The second kappa shape index (κ2) is 5.45. The second-order valence-corrected chi connectivity index (χ2v) is 4.22. The molecule has 2 N–H and O–H groups in total. The Hall–Kier alpha value is -2.16. The Bertz CT molecular complexity index is 538. The van der Waals surface area contributed by atoms with Crippen molar-refractivity contribution in [1.29, 1.82) is 0 Å². The fourth-order valence-corrected chi connectivity index (χ4v) is 1.76. The minimum Gasteiger partial charge on any atom is -0.497 e. The lowest BCUT2D eigenvalue weighted by molar-refractivity contribution is 0.305. The number of methoxy groups -OCH3 is 1.